The lowest BCUT2D eigenvalue weighted by atomic mass is 9.65. The van der Waals surface area contributed by atoms with E-state index in [0.29, 0.717) is 40.4 Å². The Labute approximate surface area is 265 Å². The molecule has 0 saturated carbocycles. The molecule has 0 aromatic heterocycles. The van der Waals surface area contributed by atoms with Crippen LogP contribution in [0.2, 0.25) is 0 Å². The third-order valence-electron chi connectivity index (χ3n) is 9.63. The number of unbranched alkanes of at least 4 members (excludes halogenated alkanes) is 1. The zero-order valence-electron chi connectivity index (χ0n) is 25.4. The van der Waals surface area contributed by atoms with Crippen LogP contribution in [-0.4, -0.2) is 75.7 Å². The Hall–Kier alpha value is -4.00. The first-order valence-electron chi connectivity index (χ1n) is 15.3. The number of cyclic esters (lactones) is 1. The van der Waals surface area contributed by atoms with Crippen molar-refractivity contribution in [3.8, 4) is 28.7 Å². The number of hydrogen-bond donors (Lipinski definition) is 3. The minimum Gasteiger partial charge on any atom is -0.493 e. The molecular formula is C32H37N3O9S. The van der Waals surface area contributed by atoms with Crippen molar-refractivity contribution in [2.45, 2.75) is 55.0 Å². The number of carbonyl (C=O) groups excluding carboxylic acids is 3. The molecule has 0 spiro atoms. The molecule has 3 saturated heterocycles. The van der Waals surface area contributed by atoms with Gasteiger partial charge in [0, 0.05) is 29.3 Å². The van der Waals surface area contributed by atoms with Gasteiger partial charge < -0.3 is 44.4 Å². The standard InChI is InChI=1S/C32H37N3O9S/c1-39-22-8-15(9-23(40-2)30(22)41-3)26-16-10-20-21(44-14-43-20)11-17(16)28(18-12-42-31(37)27(18)26)34-25(36)7-5-4-6-24-29-19(13-45-24)33-32(38)35-29/h8-11,18-19,24,26-29H,4-7,12-14H2,1-3H3,(H,34,36)(H2,33,35,38)/t18-,19-,24-,26+,27-,28+,29-/m0/s1. The van der Waals surface area contributed by atoms with Crippen molar-refractivity contribution >= 4 is 29.7 Å². The van der Waals surface area contributed by atoms with Crippen molar-refractivity contribution in [2.75, 3.05) is 40.5 Å². The Morgan fingerprint density at radius 3 is 2.40 bits per heavy atom. The van der Waals surface area contributed by atoms with Crippen LogP contribution in [0.4, 0.5) is 4.79 Å². The number of nitrogens with one attached hydrogen (secondary N) is 3. The molecule has 7 rings (SSSR count). The van der Waals surface area contributed by atoms with Crippen molar-refractivity contribution in [3.63, 3.8) is 0 Å². The largest absolute Gasteiger partial charge is 0.493 e. The maximum Gasteiger partial charge on any atom is 0.315 e. The topological polar surface area (TPSA) is 143 Å². The third-order valence-corrected chi connectivity index (χ3v) is 11.1. The molecule has 240 valence electrons. The van der Waals surface area contributed by atoms with Gasteiger partial charge in [0.25, 0.3) is 0 Å². The lowest BCUT2D eigenvalue weighted by molar-refractivity contribution is -0.141. The zero-order valence-corrected chi connectivity index (χ0v) is 26.2. The van der Waals surface area contributed by atoms with E-state index in [1.165, 1.54) is 0 Å². The normalized spacial score (nSPS) is 28.7. The third kappa shape index (κ3) is 5.24. The van der Waals surface area contributed by atoms with Crippen molar-refractivity contribution in [1.29, 1.82) is 0 Å². The molecule has 4 aliphatic heterocycles. The lowest BCUT2D eigenvalue weighted by Crippen LogP contribution is -2.42. The number of thioether (sulfide) groups is 1. The van der Waals surface area contributed by atoms with Crippen LogP contribution in [0.15, 0.2) is 24.3 Å². The number of amides is 3. The number of ether oxygens (including phenoxy) is 6. The van der Waals surface area contributed by atoms with E-state index in [-0.39, 0.29) is 49.3 Å². The number of urea groups is 1. The number of carbonyl (C=O) groups is 3. The molecule has 3 N–H and O–H groups in total. The lowest BCUT2D eigenvalue weighted by Gasteiger charge is -2.39. The van der Waals surface area contributed by atoms with Gasteiger partial charge in [-0.15, -0.1) is 0 Å². The van der Waals surface area contributed by atoms with Crippen LogP contribution in [0.1, 0.15) is 54.3 Å². The van der Waals surface area contributed by atoms with Gasteiger partial charge in [0.15, 0.2) is 23.0 Å². The number of benzene rings is 2. The fourth-order valence-corrected chi connectivity index (χ4v) is 9.09. The van der Waals surface area contributed by atoms with E-state index in [0.717, 1.165) is 41.7 Å². The molecule has 0 bridgehead atoms. The predicted octanol–water partition coefficient (Wildman–Crippen LogP) is 3.26. The Morgan fingerprint density at radius 1 is 0.956 bits per heavy atom. The number of esters is 1. The molecule has 7 atom stereocenters. The van der Waals surface area contributed by atoms with E-state index >= 15 is 0 Å². The van der Waals surface area contributed by atoms with Crippen molar-refractivity contribution < 1.29 is 42.8 Å². The number of rotatable bonds is 10. The molecule has 4 heterocycles. The van der Waals surface area contributed by atoms with Crippen LogP contribution in [0.5, 0.6) is 28.7 Å². The minimum atomic E-state index is -0.562. The fraction of sp³-hybridized carbons (Fsp3) is 0.531. The SMILES string of the molecule is COc1cc([C@@H]2c3cc4c(cc3[C@@H](NC(=O)CCCC[C@@H]3SC[C@@H]5NC(=O)N[C@@H]53)[C@H]3COC(=O)[C@H]23)OCO4)cc(OC)c1OC. The second kappa shape index (κ2) is 12.1. The summed E-state index contributed by atoms with van der Waals surface area (Å²) in [6.07, 6.45) is 2.89. The molecule has 2 aromatic carbocycles. The number of fused-ring (bicyclic) bond motifs is 4. The second-order valence-corrected chi connectivity index (χ2v) is 13.3. The summed E-state index contributed by atoms with van der Waals surface area (Å²) in [7, 11) is 4.65. The molecular weight excluding hydrogens is 602 g/mol. The van der Waals surface area contributed by atoms with E-state index < -0.39 is 17.9 Å². The summed E-state index contributed by atoms with van der Waals surface area (Å²) in [5.74, 6) is 1.82. The smallest absolute Gasteiger partial charge is 0.315 e. The van der Waals surface area contributed by atoms with Crippen molar-refractivity contribution in [1.82, 2.24) is 16.0 Å². The Balaban J connectivity index is 1.14. The highest BCUT2D eigenvalue weighted by Gasteiger charge is 2.53. The van der Waals surface area contributed by atoms with Crippen LogP contribution < -0.4 is 39.6 Å². The first-order chi connectivity index (χ1) is 21.9. The number of hydrogen-bond acceptors (Lipinski definition) is 10. The highest BCUT2D eigenvalue weighted by atomic mass is 32.2. The average Bonchev–Trinajstić information content (AvgIpc) is 3.83. The highest BCUT2D eigenvalue weighted by Crippen LogP contribution is 2.55. The monoisotopic (exact) mass is 639 g/mol. The van der Waals surface area contributed by atoms with Crippen molar-refractivity contribution in [2.24, 2.45) is 11.8 Å². The summed E-state index contributed by atoms with van der Waals surface area (Å²) in [5, 5.41) is 9.60. The molecule has 3 amide bonds. The van der Waals surface area contributed by atoms with E-state index in [2.05, 4.69) is 16.0 Å². The van der Waals surface area contributed by atoms with Gasteiger partial charge in [0.1, 0.15) is 0 Å². The first-order valence-corrected chi connectivity index (χ1v) is 16.3. The van der Waals surface area contributed by atoms with Gasteiger partial charge in [0.05, 0.1) is 52.0 Å². The van der Waals surface area contributed by atoms with Gasteiger partial charge >= 0.3 is 12.0 Å². The van der Waals surface area contributed by atoms with Crippen LogP contribution in [0.3, 0.4) is 0 Å². The van der Waals surface area contributed by atoms with Gasteiger partial charge in [0.2, 0.25) is 18.4 Å². The van der Waals surface area contributed by atoms with Gasteiger partial charge in [-0.3, -0.25) is 9.59 Å². The highest BCUT2D eigenvalue weighted by molar-refractivity contribution is 8.00. The number of methoxy groups -OCH3 is 3. The van der Waals surface area contributed by atoms with Gasteiger partial charge in [-0.1, -0.05) is 6.42 Å². The van der Waals surface area contributed by atoms with Crippen molar-refractivity contribution in [3.05, 3.63) is 41.0 Å². The summed E-state index contributed by atoms with van der Waals surface area (Å²) >= 11 is 1.87. The quantitative estimate of drug-likeness (QED) is 0.201. The molecule has 0 radical (unpaired) electrons. The van der Waals surface area contributed by atoms with Crippen LogP contribution in [0, 0.1) is 11.8 Å². The van der Waals surface area contributed by atoms with E-state index in [1.807, 2.05) is 36.0 Å². The minimum absolute atomic E-state index is 0.0826. The molecule has 3 fully saturated rings. The van der Waals surface area contributed by atoms with E-state index in [4.69, 9.17) is 28.4 Å². The molecule has 0 unspecified atom stereocenters. The molecule has 2 aromatic rings. The second-order valence-electron chi connectivity index (χ2n) is 12.0. The Bertz CT molecular complexity index is 1490. The fourth-order valence-electron chi connectivity index (χ4n) is 7.55. The molecule has 5 aliphatic rings. The Kier molecular flexibility index (Phi) is 7.96. The maximum atomic E-state index is 13.4. The van der Waals surface area contributed by atoms with Gasteiger partial charge in [-0.2, -0.15) is 11.8 Å². The summed E-state index contributed by atoms with van der Waals surface area (Å²) < 4.78 is 34.0. The van der Waals surface area contributed by atoms with Crippen LogP contribution in [0.25, 0.3) is 0 Å². The maximum absolute atomic E-state index is 13.4. The first kappa shape index (κ1) is 29.7. The Morgan fingerprint density at radius 2 is 1.69 bits per heavy atom. The molecule has 1 aliphatic carbocycles. The van der Waals surface area contributed by atoms with E-state index in [9.17, 15) is 14.4 Å². The van der Waals surface area contributed by atoms with Gasteiger partial charge in [-0.05, 0) is 53.8 Å². The summed E-state index contributed by atoms with van der Waals surface area (Å²) in [6.45, 7) is 0.282. The van der Waals surface area contributed by atoms with E-state index in [1.54, 1.807) is 21.3 Å². The summed E-state index contributed by atoms with van der Waals surface area (Å²) in [4.78, 5) is 38.5. The molecule has 45 heavy (non-hydrogen) atoms. The van der Waals surface area contributed by atoms with Crippen LogP contribution in [-0.2, 0) is 14.3 Å². The van der Waals surface area contributed by atoms with Gasteiger partial charge in [-0.25, -0.2) is 4.79 Å². The predicted molar refractivity (Wildman–Crippen MR) is 163 cm³/mol. The summed E-state index contributed by atoms with van der Waals surface area (Å²) in [5.41, 5.74) is 2.51. The average molecular weight is 640 g/mol. The molecule has 12 nitrogen and oxygen atoms in total. The van der Waals surface area contributed by atoms with Crippen LogP contribution >= 0.6 is 11.8 Å². The zero-order chi connectivity index (χ0) is 31.2. The molecule has 13 heteroatoms. The summed E-state index contributed by atoms with van der Waals surface area (Å²) in [6, 6.07) is 7.34.